The van der Waals surface area contributed by atoms with E-state index in [-0.39, 0.29) is 41.7 Å². The molecule has 0 saturated carbocycles. The lowest BCUT2D eigenvalue weighted by Crippen LogP contribution is -2.46. The van der Waals surface area contributed by atoms with E-state index in [2.05, 4.69) is 10.6 Å². The second kappa shape index (κ2) is 16.2. The average molecular weight is 574 g/mol. The van der Waals surface area contributed by atoms with Gasteiger partial charge in [0.15, 0.2) is 0 Å². The van der Waals surface area contributed by atoms with Gasteiger partial charge in [0.25, 0.3) is 11.8 Å². The third-order valence-electron chi connectivity index (χ3n) is 6.75. The van der Waals surface area contributed by atoms with Crippen LogP contribution in [0.5, 0.6) is 0 Å². The van der Waals surface area contributed by atoms with Crippen molar-refractivity contribution in [3.8, 4) is 0 Å². The van der Waals surface area contributed by atoms with Crippen molar-refractivity contribution in [3.63, 3.8) is 0 Å². The van der Waals surface area contributed by atoms with Gasteiger partial charge in [-0.3, -0.25) is 14.4 Å². The number of hydrogen-bond acceptors (Lipinski definition) is 4. The zero-order valence-electron chi connectivity index (χ0n) is 25.1. The molecule has 41 heavy (non-hydrogen) atoms. The molecule has 0 radical (unpaired) electrons. The molecule has 0 heterocycles. The Hall–Kier alpha value is -3.33. The molecule has 2 rings (SSSR count). The van der Waals surface area contributed by atoms with Gasteiger partial charge in [0.1, 0.15) is 11.6 Å². The predicted octanol–water partition coefficient (Wildman–Crippen LogP) is 5.04. The molecule has 0 aliphatic rings. The van der Waals surface area contributed by atoms with Crippen molar-refractivity contribution >= 4 is 17.7 Å². The van der Waals surface area contributed by atoms with E-state index in [1.54, 1.807) is 30.9 Å². The van der Waals surface area contributed by atoms with Crippen LogP contribution in [0.2, 0.25) is 0 Å². The first kappa shape index (κ1) is 33.9. The molecule has 0 bridgehead atoms. The highest BCUT2D eigenvalue weighted by Gasteiger charge is 2.27. The summed E-state index contributed by atoms with van der Waals surface area (Å²) in [6.45, 7) is 13.1. The number of aliphatic hydroxyl groups is 1. The summed E-state index contributed by atoms with van der Waals surface area (Å²) < 4.78 is 27.9. The minimum atomic E-state index is -1.19. The summed E-state index contributed by atoms with van der Waals surface area (Å²) in [5.74, 6) is -2.80. The number of carbonyl (C=O) groups excluding carboxylic acids is 3. The van der Waals surface area contributed by atoms with Crippen LogP contribution in [0, 0.1) is 30.4 Å². The lowest BCUT2D eigenvalue weighted by molar-refractivity contribution is -0.125. The number of amides is 3. The molecule has 2 aromatic rings. The molecular weight excluding hydrogens is 528 g/mol. The highest BCUT2D eigenvalue weighted by atomic mass is 19.1. The Kier molecular flexibility index (Phi) is 13.4. The number of benzene rings is 2. The molecule has 3 amide bonds. The van der Waals surface area contributed by atoms with Gasteiger partial charge in [0.05, 0.1) is 12.1 Å². The number of hydrogen-bond donors (Lipinski definition) is 3. The van der Waals surface area contributed by atoms with E-state index in [1.807, 2.05) is 27.7 Å². The Labute approximate surface area is 242 Å². The minimum Gasteiger partial charge on any atom is -0.391 e. The van der Waals surface area contributed by atoms with Crippen LogP contribution in [0.25, 0.3) is 0 Å². The van der Waals surface area contributed by atoms with Gasteiger partial charge in [-0.1, -0.05) is 34.6 Å². The van der Waals surface area contributed by atoms with Crippen molar-refractivity contribution in [2.24, 2.45) is 11.8 Å². The summed E-state index contributed by atoms with van der Waals surface area (Å²) in [4.78, 5) is 41.0. The molecule has 0 fully saturated rings. The number of aryl methyl sites for hydroxylation is 1. The van der Waals surface area contributed by atoms with Crippen LogP contribution in [0.4, 0.5) is 8.78 Å². The second-order valence-electron chi connectivity index (χ2n) is 11.3. The number of carbonyl (C=O) groups is 3. The zero-order chi connectivity index (χ0) is 30.7. The van der Waals surface area contributed by atoms with E-state index in [0.717, 1.165) is 31.0 Å². The zero-order valence-corrected chi connectivity index (χ0v) is 25.1. The summed E-state index contributed by atoms with van der Waals surface area (Å²) in [5, 5.41) is 16.8. The molecule has 0 unspecified atom stereocenters. The van der Waals surface area contributed by atoms with Crippen molar-refractivity contribution in [1.82, 2.24) is 15.5 Å². The van der Waals surface area contributed by atoms with Gasteiger partial charge in [-0.25, -0.2) is 8.78 Å². The molecule has 7 nitrogen and oxygen atoms in total. The van der Waals surface area contributed by atoms with Crippen LogP contribution in [0.3, 0.4) is 0 Å². The van der Waals surface area contributed by atoms with Gasteiger partial charge < -0.3 is 20.6 Å². The van der Waals surface area contributed by atoms with Crippen LogP contribution < -0.4 is 10.6 Å². The van der Waals surface area contributed by atoms with Gasteiger partial charge in [-0.05, 0) is 80.0 Å². The first-order valence-electron chi connectivity index (χ1n) is 14.5. The molecule has 0 aliphatic carbocycles. The first-order chi connectivity index (χ1) is 19.3. The highest BCUT2D eigenvalue weighted by molar-refractivity contribution is 6.00. The fourth-order valence-electron chi connectivity index (χ4n) is 4.71. The van der Waals surface area contributed by atoms with E-state index in [9.17, 15) is 28.3 Å². The minimum absolute atomic E-state index is 0.0211. The van der Waals surface area contributed by atoms with E-state index in [4.69, 9.17) is 0 Å². The van der Waals surface area contributed by atoms with Gasteiger partial charge in [-0.2, -0.15) is 0 Å². The maximum absolute atomic E-state index is 13.9. The maximum atomic E-state index is 13.9. The van der Waals surface area contributed by atoms with Crippen molar-refractivity contribution in [3.05, 3.63) is 70.3 Å². The molecule has 0 spiro atoms. The van der Waals surface area contributed by atoms with Crippen molar-refractivity contribution in [1.29, 1.82) is 0 Å². The first-order valence-corrected chi connectivity index (χ1v) is 14.5. The summed E-state index contributed by atoms with van der Waals surface area (Å²) >= 11 is 0. The molecule has 2 aromatic carbocycles. The number of rotatable bonds is 15. The lowest BCUT2D eigenvalue weighted by Gasteiger charge is -2.27. The third kappa shape index (κ3) is 10.9. The predicted molar refractivity (Wildman–Crippen MR) is 157 cm³/mol. The third-order valence-corrected chi connectivity index (χ3v) is 6.75. The van der Waals surface area contributed by atoms with E-state index in [1.165, 1.54) is 6.07 Å². The van der Waals surface area contributed by atoms with E-state index < -0.39 is 35.6 Å². The van der Waals surface area contributed by atoms with Crippen LogP contribution in [-0.2, 0) is 11.2 Å². The molecule has 0 aliphatic heterocycles. The van der Waals surface area contributed by atoms with Crippen LogP contribution in [0.1, 0.15) is 85.7 Å². The average Bonchev–Trinajstić information content (AvgIpc) is 2.89. The smallest absolute Gasteiger partial charge is 0.253 e. The Morgan fingerprint density at radius 3 is 2.05 bits per heavy atom. The van der Waals surface area contributed by atoms with Gasteiger partial charge in [-0.15, -0.1) is 0 Å². The molecule has 0 saturated heterocycles. The summed E-state index contributed by atoms with van der Waals surface area (Å²) in [5.41, 5.74) is 1.58. The normalized spacial score (nSPS) is 13.4. The quantitative estimate of drug-likeness (QED) is 0.278. The number of halogens is 2. The summed E-state index contributed by atoms with van der Waals surface area (Å²) in [6, 6.07) is 6.98. The fourth-order valence-corrected chi connectivity index (χ4v) is 4.71. The monoisotopic (exact) mass is 573 g/mol. The van der Waals surface area contributed by atoms with E-state index >= 15 is 0 Å². The molecule has 9 heteroatoms. The molecule has 226 valence electrons. The van der Waals surface area contributed by atoms with E-state index in [0.29, 0.717) is 30.8 Å². The van der Waals surface area contributed by atoms with Crippen LogP contribution in [-0.4, -0.2) is 59.5 Å². The van der Waals surface area contributed by atoms with Crippen molar-refractivity contribution in [2.75, 3.05) is 19.6 Å². The number of nitrogens with one attached hydrogen (secondary N) is 2. The Morgan fingerprint density at radius 2 is 1.49 bits per heavy atom. The molecule has 3 N–H and O–H groups in total. The molecular formula is C32H45F2N3O4. The highest BCUT2D eigenvalue weighted by Crippen LogP contribution is 2.18. The van der Waals surface area contributed by atoms with Crippen LogP contribution >= 0.6 is 0 Å². The van der Waals surface area contributed by atoms with Gasteiger partial charge >= 0.3 is 0 Å². The van der Waals surface area contributed by atoms with Gasteiger partial charge in [0.2, 0.25) is 5.91 Å². The topological polar surface area (TPSA) is 98.7 Å². The second-order valence-corrected chi connectivity index (χ2v) is 11.3. The Balaban J connectivity index is 2.32. The standard InChI is InChI=1S/C32H45F2N3O4/c1-7-9-37(10-8-2)32(41)25-12-21(5)11-24(17-25)31(40)36-28(16-23-14-26(33)18-27(34)15-23)29(38)13-22(6)30(39)35-19-20(3)4/h11-12,14-15,17-18,20,22,28-29,38H,7-10,13,16,19H2,1-6H3,(H,35,39)(H,36,40)/t22-,28+,29+/m1/s1. The maximum Gasteiger partial charge on any atom is 0.253 e. The lowest BCUT2D eigenvalue weighted by atomic mass is 9.93. The van der Waals surface area contributed by atoms with Gasteiger partial charge in [0, 0.05) is 42.7 Å². The number of aliphatic hydroxyl groups excluding tert-OH is 1. The summed E-state index contributed by atoms with van der Waals surface area (Å²) in [7, 11) is 0. The number of nitrogens with zero attached hydrogens (tertiary/aromatic N) is 1. The fraction of sp³-hybridized carbons (Fsp3) is 0.531. The molecule has 0 aromatic heterocycles. The summed E-state index contributed by atoms with van der Waals surface area (Å²) in [6.07, 6.45) is 0.367. The van der Waals surface area contributed by atoms with Crippen LogP contribution in [0.15, 0.2) is 36.4 Å². The Morgan fingerprint density at radius 1 is 0.902 bits per heavy atom. The largest absolute Gasteiger partial charge is 0.391 e. The van der Waals surface area contributed by atoms with Crippen molar-refractivity contribution < 1.29 is 28.3 Å². The molecule has 3 atom stereocenters. The Bertz CT molecular complexity index is 1160. The SMILES string of the molecule is CCCN(CCC)C(=O)c1cc(C)cc(C(=O)N[C@@H](Cc2cc(F)cc(F)c2)[C@@H](O)C[C@@H](C)C(=O)NCC(C)C)c1. The van der Waals surface area contributed by atoms with Crippen molar-refractivity contribution in [2.45, 2.75) is 79.4 Å².